The van der Waals surface area contributed by atoms with E-state index in [1.807, 2.05) is 19.9 Å². The Bertz CT molecular complexity index is 147. The summed E-state index contributed by atoms with van der Waals surface area (Å²) in [6, 6.07) is 0. The summed E-state index contributed by atoms with van der Waals surface area (Å²) in [6.45, 7) is 9.82. The molecule has 0 bridgehead atoms. The fraction of sp³-hybridized carbons (Fsp3) is 0.333. The Labute approximate surface area is 57.6 Å². The lowest BCUT2D eigenvalue weighted by atomic mass is 10.1. The summed E-state index contributed by atoms with van der Waals surface area (Å²) in [5.74, 6) is 0. The van der Waals surface area contributed by atoms with Crippen LogP contribution in [0.15, 0.2) is 36.0 Å². The van der Waals surface area contributed by atoms with E-state index in [0.29, 0.717) is 0 Å². The van der Waals surface area contributed by atoms with Crippen molar-refractivity contribution in [2.75, 3.05) is 0 Å². The van der Waals surface area contributed by atoms with Crippen LogP contribution in [0.1, 0.15) is 20.8 Å². The van der Waals surface area contributed by atoms with E-state index in [4.69, 9.17) is 0 Å². The zero-order valence-corrected chi connectivity index (χ0v) is 6.44. The first-order valence-corrected chi connectivity index (χ1v) is 3.18. The average molecular weight is 122 g/mol. The lowest BCUT2D eigenvalue weighted by Gasteiger charge is -1.97. The molecule has 0 nitrogen and oxygen atoms in total. The van der Waals surface area contributed by atoms with E-state index in [-0.39, 0.29) is 0 Å². The van der Waals surface area contributed by atoms with Crippen LogP contribution in [0.2, 0.25) is 0 Å². The van der Waals surface area contributed by atoms with Crippen LogP contribution in [0.25, 0.3) is 0 Å². The van der Waals surface area contributed by atoms with E-state index >= 15 is 0 Å². The van der Waals surface area contributed by atoms with Crippen molar-refractivity contribution in [2.24, 2.45) is 0 Å². The molecule has 0 unspecified atom stereocenters. The molecule has 0 spiro atoms. The SMILES string of the molecule is C=CC(=C\C)/C(C)=C/C. The summed E-state index contributed by atoms with van der Waals surface area (Å²) in [4.78, 5) is 0. The Morgan fingerprint density at radius 2 is 1.78 bits per heavy atom. The second kappa shape index (κ2) is 4.13. The molecule has 0 saturated carbocycles. The van der Waals surface area contributed by atoms with Gasteiger partial charge in [-0.1, -0.05) is 24.8 Å². The van der Waals surface area contributed by atoms with Gasteiger partial charge in [-0.05, 0) is 31.9 Å². The van der Waals surface area contributed by atoms with E-state index in [0.717, 1.165) is 0 Å². The first-order valence-electron chi connectivity index (χ1n) is 3.18. The van der Waals surface area contributed by atoms with Crippen molar-refractivity contribution in [3.63, 3.8) is 0 Å². The van der Waals surface area contributed by atoms with Crippen LogP contribution in [0.4, 0.5) is 0 Å². The van der Waals surface area contributed by atoms with Gasteiger partial charge in [0.15, 0.2) is 0 Å². The van der Waals surface area contributed by atoms with Crippen LogP contribution < -0.4 is 0 Å². The standard InChI is InChI=1S/C9H14/c1-5-8(4)9(6-2)7-3/h5-7H,2H2,1,3-4H3/b8-5+,9-7+. The third-order valence-corrected chi connectivity index (χ3v) is 1.42. The van der Waals surface area contributed by atoms with Crippen LogP contribution in [0.3, 0.4) is 0 Å². The van der Waals surface area contributed by atoms with Crippen LogP contribution in [-0.4, -0.2) is 0 Å². The van der Waals surface area contributed by atoms with Crippen LogP contribution in [-0.2, 0) is 0 Å². The molecule has 0 radical (unpaired) electrons. The van der Waals surface area contributed by atoms with Crippen molar-refractivity contribution in [1.29, 1.82) is 0 Å². The number of hydrogen-bond acceptors (Lipinski definition) is 0. The third-order valence-electron chi connectivity index (χ3n) is 1.42. The molecule has 0 aromatic carbocycles. The van der Waals surface area contributed by atoms with E-state index in [1.165, 1.54) is 11.1 Å². The Balaban J connectivity index is 4.32. The first-order chi connectivity index (χ1) is 4.26. The zero-order valence-electron chi connectivity index (χ0n) is 6.44. The quantitative estimate of drug-likeness (QED) is 0.494. The van der Waals surface area contributed by atoms with Gasteiger partial charge in [0.25, 0.3) is 0 Å². The predicted molar refractivity (Wildman–Crippen MR) is 43.4 cm³/mol. The summed E-state index contributed by atoms with van der Waals surface area (Å²) in [6.07, 6.45) is 6.01. The van der Waals surface area contributed by atoms with E-state index in [9.17, 15) is 0 Å². The smallest absolute Gasteiger partial charge is 0.0279 e. The minimum Gasteiger partial charge on any atom is -0.0985 e. The topological polar surface area (TPSA) is 0 Å². The van der Waals surface area contributed by atoms with Gasteiger partial charge in [-0.2, -0.15) is 0 Å². The number of allylic oxidation sites excluding steroid dienone is 5. The molecule has 0 heterocycles. The van der Waals surface area contributed by atoms with E-state index in [2.05, 4.69) is 25.7 Å². The highest BCUT2D eigenvalue weighted by Gasteiger charge is 1.88. The highest BCUT2D eigenvalue weighted by atomic mass is 13.9. The Morgan fingerprint density at radius 3 is 1.89 bits per heavy atom. The van der Waals surface area contributed by atoms with Gasteiger partial charge < -0.3 is 0 Å². The summed E-state index contributed by atoms with van der Waals surface area (Å²) in [7, 11) is 0. The van der Waals surface area contributed by atoms with Gasteiger partial charge in [0.05, 0.1) is 0 Å². The lowest BCUT2D eigenvalue weighted by molar-refractivity contribution is 1.38. The van der Waals surface area contributed by atoms with Gasteiger partial charge in [-0.3, -0.25) is 0 Å². The fourth-order valence-corrected chi connectivity index (χ4v) is 0.673. The molecular weight excluding hydrogens is 108 g/mol. The molecule has 0 aromatic heterocycles. The Hall–Kier alpha value is -0.780. The summed E-state index contributed by atoms with van der Waals surface area (Å²) in [5, 5.41) is 0. The maximum atomic E-state index is 3.69. The Morgan fingerprint density at radius 1 is 1.22 bits per heavy atom. The summed E-state index contributed by atoms with van der Waals surface area (Å²) < 4.78 is 0. The third kappa shape index (κ3) is 2.31. The highest BCUT2D eigenvalue weighted by Crippen LogP contribution is 2.08. The minimum absolute atomic E-state index is 1.22. The van der Waals surface area contributed by atoms with Gasteiger partial charge in [0, 0.05) is 0 Å². The van der Waals surface area contributed by atoms with Crippen LogP contribution in [0.5, 0.6) is 0 Å². The molecule has 0 rings (SSSR count). The molecule has 9 heavy (non-hydrogen) atoms. The molecule has 50 valence electrons. The molecule has 0 atom stereocenters. The second-order valence-corrected chi connectivity index (χ2v) is 1.92. The molecule has 0 heteroatoms. The largest absolute Gasteiger partial charge is 0.0985 e. The van der Waals surface area contributed by atoms with Gasteiger partial charge in [0.2, 0.25) is 0 Å². The summed E-state index contributed by atoms with van der Waals surface area (Å²) >= 11 is 0. The van der Waals surface area contributed by atoms with Gasteiger partial charge in [0.1, 0.15) is 0 Å². The van der Waals surface area contributed by atoms with Crippen molar-refractivity contribution in [3.05, 3.63) is 36.0 Å². The maximum absolute atomic E-state index is 3.69. The van der Waals surface area contributed by atoms with Crippen LogP contribution in [0, 0.1) is 0 Å². The molecule has 0 aromatic rings. The van der Waals surface area contributed by atoms with Gasteiger partial charge in [-0.25, -0.2) is 0 Å². The molecule has 0 aliphatic heterocycles. The fourth-order valence-electron chi connectivity index (χ4n) is 0.673. The van der Waals surface area contributed by atoms with Gasteiger partial charge >= 0.3 is 0 Å². The molecule has 0 amide bonds. The van der Waals surface area contributed by atoms with Crippen LogP contribution >= 0.6 is 0 Å². The monoisotopic (exact) mass is 122 g/mol. The molecule has 0 fully saturated rings. The molecule has 0 aliphatic rings. The minimum atomic E-state index is 1.22. The molecule has 0 N–H and O–H groups in total. The van der Waals surface area contributed by atoms with Crippen molar-refractivity contribution in [1.82, 2.24) is 0 Å². The normalized spacial score (nSPS) is 13.7. The van der Waals surface area contributed by atoms with Crippen molar-refractivity contribution in [3.8, 4) is 0 Å². The summed E-state index contributed by atoms with van der Waals surface area (Å²) in [5.41, 5.74) is 2.50. The predicted octanol–water partition coefficient (Wildman–Crippen LogP) is 3.08. The second-order valence-electron chi connectivity index (χ2n) is 1.92. The first kappa shape index (κ1) is 8.22. The lowest BCUT2D eigenvalue weighted by Crippen LogP contribution is -1.77. The number of rotatable bonds is 2. The average Bonchev–Trinajstić information content (AvgIpc) is 1.90. The maximum Gasteiger partial charge on any atom is -0.0279 e. The van der Waals surface area contributed by atoms with Gasteiger partial charge in [-0.15, -0.1) is 0 Å². The Kier molecular flexibility index (Phi) is 3.78. The zero-order chi connectivity index (χ0) is 7.28. The molecule has 0 saturated heterocycles. The van der Waals surface area contributed by atoms with E-state index < -0.39 is 0 Å². The number of hydrogen-bond donors (Lipinski definition) is 0. The van der Waals surface area contributed by atoms with E-state index in [1.54, 1.807) is 0 Å². The molecule has 0 aliphatic carbocycles. The molecular formula is C9H14. The van der Waals surface area contributed by atoms with Crippen molar-refractivity contribution >= 4 is 0 Å². The van der Waals surface area contributed by atoms with Crippen molar-refractivity contribution in [2.45, 2.75) is 20.8 Å². The highest BCUT2D eigenvalue weighted by molar-refractivity contribution is 5.36. The van der Waals surface area contributed by atoms with Crippen molar-refractivity contribution < 1.29 is 0 Å².